The first-order valence-corrected chi connectivity index (χ1v) is 7.99. The maximum absolute atomic E-state index is 13.4. The smallest absolute Gasteiger partial charge is 0.311 e. The van der Waals surface area contributed by atoms with Gasteiger partial charge in [-0.3, -0.25) is 4.79 Å². The summed E-state index contributed by atoms with van der Waals surface area (Å²) in [7, 11) is 0. The number of esters is 1. The third kappa shape index (κ3) is 4.38. The first-order valence-electron chi connectivity index (χ1n) is 7.99. The van der Waals surface area contributed by atoms with Gasteiger partial charge in [0.25, 0.3) is 0 Å². The van der Waals surface area contributed by atoms with Crippen LogP contribution in [-0.2, 0) is 9.53 Å². The van der Waals surface area contributed by atoms with E-state index < -0.39 is 11.3 Å². The Kier molecular flexibility index (Phi) is 4.91. The number of rotatable bonds is 3. The highest BCUT2D eigenvalue weighted by Crippen LogP contribution is 2.41. The molecule has 1 heterocycles. The molecule has 1 aliphatic heterocycles. The maximum Gasteiger partial charge on any atom is 0.311 e. The molecule has 21 heavy (non-hydrogen) atoms. The van der Waals surface area contributed by atoms with Gasteiger partial charge in [0.05, 0.1) is 5.41 Å². The average Bonchev–Trinajstić information content (AvgIpc) is 2.88. The van der Waals surface area contributed by atoms with Crippen molar-refractivity contribution in [3.05, 3.63) is 0 Å². The van der Waals surface area contributed by atoms with Crippen LogP contribution >= 0.6 is 0 Å². The number of carbonyl (C=O) groups excluding carboxylic acids is 1. The number of nitrogens with one attached hydrogen (secondary N) is 1. The molecule has 2 rings (SSSR count). The minimum Gasteiger partial charge on any atom is -0.461 e. The van der Waals surface area contributed by atoms with Crippen molar-refractivity contribution in [3.8, 4) is 0 Å². The van der Waals surface area contributed by atoms with E-state index in [4.69, 9.17) is 4.74 Å². The summed E-state index contributed by atoms with van der Waals surface area (Å²) in [4.78, 5) is 12.2. The van der Waals surface area contributed by atoms with Crippen LogP contribution in [0.3, 0.4) is 0 Å². The van der Waals surface area contributed by atoms with Crippen molar-refractivity contribution in [2.45, 2.75) is 64.9 Å². The summed E-state index contributed by atoms with van der Waals surface area (Å²) in [6.07, 6.45) is 1.47. The molecule has 0 spiro atoms. The largest absolute Gasteiger partial charge is 0.461 e. The van der Waals surface area contributed by atoms with Gasteiger partial charge in [-0.25, -0.2) is 8.78 Å². The highest BCUT2D eigenvalue weighted by atomic mass is 19.3. The number of alkyl halides is 2. The van der Waals surface area contributed by atoms with Gasteiger partial charge in [0.1, 0.15) is 6.10 Å². The molecule has 2 unspecified atom stereocenters. The summed E-state index contributed by atoms with van der Waals surface area (Å²) >= 11 is 0. The van der Waals surface area contributed by atoms with E-state index in [1.807, 2.05) is 20.8 Å². The van der Waals surface area contributed by atoms with Crippen LogP contribution in [0.15, 0.2) is 0 Å². The third-order valence-electron chi connectivity index (χ3n) is 4.64. The molecule has 1 saturated carbocycles. The standard InChI is InChI=1S/C16H27F2NO2/c1-15(2,3)14(20)21-13(12-6-9-19-10-12)11-4-7-16(17,18)8-5-11/h11-13,19H,4-10H2,1-3H3. The van der Waals surface area contributed by atoms with Crippen LogP contribution in [0.2, 0.25) is 0 Å². The molecule has 3 nitrogen and oxygen atoms in total. The molecular formula is C16H27F2NO2. The Labute approximate surface area is 125 Å². The Morgan fingerprint density at radius 1 is 1.19 bits per heavy atom. The molecule has 122 valence electrons. The fraction of sp³-hybridized carbons (Fsp3) is 0.938. The second kappa shape index (κ2) is 6.19. The predicted molar refractivity (Wildman–Crippen MR) is 77.2 cm³/mol. The average molecular weight is 303 g/mol. The third-order valence-corrected chi connectivity index (χ3v) is 4.64. The normalized spacial score (nSPS) is 28.3. The van der Waals surface area contributed by atoms with Crippen molar-refractivity contribution in [3.63, 3.8) is 0 Å². The Hall–Kier alpha value is -0.710. The van der Waals surface area contributed by atoms with E-state index in [2.05, 4.69) is 5.32 Å². The summed E-state index contributed by atoms with van der Waals surface area (Å²) in [6, 6.07) is 0. The molecule has 2 fully saturated rings. The van der Waals surface area contributed by atoms with Crippen molar-refractivity contribution in [1.82, 2.24) is 5.32 Å². The second-order valence-corrected chi connectivity index (χ2v) is 7.57. The zero-order chi connectivity index (χ0) is 15.7. The van der Waals surface area contributed by atoms with Gasteiger partial charge in [0, 0.05) is 25.3 Å². The lowest BCUT2D eigenvalue weighted by molar-refractivity contribution is -0.167. The van der Waals surface area contributed by atoms with Gasteiger partial charge in [-0.2, -0.15) is 0 Å². The molecule has 0 aromatic carbocycles. The Morgan fingerprint density at radius 2 is 1.81 bits per heavy atom. The number of hydrogen-bond donors (Lipinski definition) is 1. The quantitative estimate of drug-likeness (QED) is 0.812. The van der Waals surface area contributed by atoms with Crippen LogP contribution in [0.25, 0.3) is 0 Å². The topological polar surface area (TPSA) is 38.3 Å². The van der Waals surface area contributed by atoms with Crippen LogP contribution in [0.1, 0.15) is 52.9 Å². The summed E-state index contributed by atoms with van der Waals surface area (Å²) in [5.74, 6) is -2.44. The summed E-state index contributed by atoms with van der Waals surface area (Å²) in [6.45, 7) is 7.21. The molecule has 0 amide bonds. The van der Waals surface area contributed by atoms with Gasteiger partial charge >= 0.3 is 5.97 Å². The fourth-order valence-electron chi connectivity index (χ4n) is 3.23. The maximum atomic E-state index is 13.4. The van der Waals surface area contributed by atoms with Crippen molar-refractivity contribution >= 4 is 5.97 Å². The van der Waals surface area contributed by atoms with Gasteiger partial charge in [0.15, 0.2) is 0 Å². The van der Waals surface area contributed by atoms with E-state index in [0.29, 0.717) is 12.8 Å². The molecule has 1 saturated heterocycles. The van der Waals surface area contributed by atoms with E-state index in [1.54, 1.807) is 0 Å². The van der Waals surface area contributed by atoms with Gasteiger partial charge in [0.2, 0.25) is 5.92 Å². The van der Waals surface area contributed by atoms with Gasteiger partial charge in [-0.05, 0) is 52.5 Å². The van der Waals surface area contributed by atoms with Crippen LogP contribution in [0, 0.1) is 17.3 Å². The van der Waals surface area contributed by atoms with Crippen molar-refractivity contribution in [1.29, 1.82) is 0 Å². The van der Waals surface area contributed by atoms with Crippen LogP contribution in [0.4, 0.5) is 8.78 Å². The predicted octanol–water partition coefficient (Wildman–Crippen LogP) is 3.38. The van der Waals surface area contributed by atoms with Crippen LogP contribution < -0.4 is 5.32 Å². The molecule has 1 aliphatic carbocycles. The van der Waals surface area contributed by atoms with E-state index in [1.165, 1.54) is 0 Å². The molecule has 5 heteroatoms. The second-order valence-electron chi connectivity index (χ2n) is 7.57. The van der Waals surface area contributed by atoms with Gasteiger partial charge in [-0.1, -0.05) is 0 Å². The molecule has 2 atom stereocenters. The summed E-state index contributed by atoms with van der Waals surface area (Å²) in [5, 5.41) is 3.28. The van der Waals surface area contributed by atoms with Gasteiger partial charge < -0.3 is 10.1 Å². The summed E-state index contributed by atoms with van der Waals surface area (Å²) in [5.41, 5.74) is -0.553. The Balaban J connectivity index is 2.04. The van der Waals surface area contributed by atoms with E-state index >= 15 is 0 Å². The van der Waals surface area contributed by atoms with Crippen molar-refractivity contribution in [2.24, 2.45) is 17.3 Å². The summed E-state index contributed by atoms with van der Waals surface area (Å²) < 4.78 is 32.5. The van der Waals surface area contributed by atoms with E-state index in [9.17, 15) is 13.6 Å². The van der Waals surface area contributed by atoms with Gasteiger partial charge in [-0.15, -0.1) is 0 Å². The molecule has 1 N–H and O–H groups in total. The lowest BCUT2D eigenvalue weighted by atomic mass is 9.78. The fourth-order valence-corrected chi connectivity index (χ4v) is 3.23. The monoisotopic (exact) mass is 303 g/mol. The molecule has 0 aromatic heterocycles. The number of hydrogen-bond acceptors (Lipinski definition) is 3. The van der Waals surface area contributed by atoms with Crippen molar-refractivity contribution < 1.29 is 18.3 Å². The van der Waals surface area contributed by atoms with E-state index in [-0.39, 0.29) is 36.8 Å². The molecule has 0 radical (unpaired) electrons. The Morgan fingerprint density at radius 3 is 2.29 bits per heavy atom. The highest BCUT2D eigenvalue weighted by Gasteiger charge is 2.42. The first kappa shape index (κ1) is 16.7. The highest BCUT2D eigenvalue weighted by molar-refractivity contribution is 5.75. The SMILES string of the molecule is CC(C)(C)C(=O)OC(C1CCC(F)(F)CC1)C1CCNC1. The minimum absolute atomic E-state index is 0.0702. The molecule has 0 bridgehead atoms. The molecular weight excluding hydrogens is 276 g/mol. The lowest BCUT2D eigenvalue weighted by Gasteiger charge is -2.37. The van der Waals surface area contributed by atoms with E-state index in [0.717, 1.165) is 19.5 Å². The van der Waals surface area contributed by atoms with Crippen molar-refractivity contribution in [2.75, 3.05) is 13.1 Å². The minimum atomic E-state index is -2.54. The lowest BCUT2D eigenvalue weighted by Crippen LogP contribution is -2.41. The zero-order valence-corrected chi connectivity index (χ0v) is 13.3. The number of ether oxygens (including phenoxy) is 1. The van der Waals surface area contributed by atoms with Crippen LogP contribution in [-0.4, -0.2) is 31.1 Å². The Bertz CT molecular complexity index is 363. The zero-order valence-electron chi connectivity index (χ0n) is 13.3. The van der Waals surface area contributed by atoms with Crippen LogP contribution in [0.5, 0.6) is 0 Å². The molecule has 2 aliphatic rings. The number of halogens is 2. The number of carbonyl (C=O) groups is 1. The first-order chi connectivity index (χ1) is 9.69. The molecule has 0 aromatic rings.